The molecule has 0 aliphatic rings. The van der Waals surface area contributed by atoms with Gasteiger partial charge in [-0.25, -0.2) is 0 Å². The van der Waals surface area contributed by atoms with Crippen LogP contribution in [0.2, 0.25) is 0 Å². The molecule has 0 saturated carbocycles. The van der Waals surface area contributed by atoms with Crippen molar-refractivity contribution in [1.82, 2.24) is 5.32 Å². The summed E-state index contributed by atoms with van der Waals surface area (Å²) in [6.07, 6.45) is 2.33. The van der Waals surface area contributed by atoms with Crippen LogP contribution in [0.5, 0.6) is 0 Å². The van der Waals surface area contributed by atoms with Gasteiger partial charge in [0.15, 0.2) is 0 Å². The van der Waals surface area contributed by atoms with E-state index in [1.54, 1.807) is 0 Å². The molecule has 1 unspecified atom stereocenters. The quantitative estimate of drug-likeness (QED) is 0.613. The van der Waals surface area contributed by atoms with Gasteiger partial charge in [-0.1, -0.05) is 60.1 Å². The largest absolute Gasteiger partial charge is 0.310 e. The highest BCUT2D eigenvalue weighted by Gasteiger charge is 2.03. The molecule has 1 N–H and O–H groups in total. The number of rotatable bonds is 6. The molecule has 0 heterocycles. The third-order valence-corrected chi connectivity index (χ3v) is 3.48. The summed E-state index contributed by atoms with van der Waals surface area (Å²) in [5.74, 6) is 0. The first-order chi connectivity index (χ1) is 9.25. The maximum atomic E-state index is 3.60. The first-order valence-corrected chi connectivity index (χ1v) is 7.09. The molecule has 2 aromatic carbocycles. The van der Waals surface area contributed by atoms with Crippen molar-refractivity contribution in [3.05, 3.63) is 65.7 Å². The lowest BCUT2D eigenvalue weighted by Gasteiger charge is -2.14. The molecule has 0 fully saturated rings. The molecule has 0 amide bonds. The third-order valence-electron chi connectivity index (χ3n) is 3.48. The summed E-state index contributed by atoms with van der Waals surface area (Å²) < 4.78 is 0. The Bertz CT molecular complexity index is 496. The molecule has 98 valence electrons. The van der Waals surface area contributed by atoms with E-state index in [0.717, 1.165) is 13.0 Å². The molecule has 0 spiro atoms. The maximum absolute atomic E-state index is 3.60. The molecule has 2 rings (SSSR count). The number of hydrogen-bond acceptors (Lipinski definition) is 1. The van der Waals surface area contributed by atoms with Crippen LogP contribution in [0.1, 0.15) is 30.5 Å². The van der Waals surface area contributed by atoms with Gasteiger partial charge in [0.1, 0.15) is 7.85 Å². The Morgan fingerprint density at radius 1 is 1.05 bits per heavy atom. The number of hydrogen-bond donors (Lipinski definition) is 1. The summed E-state index contributed by atoms with van der Waals surface area (Å²) in [5.41, 5.74) is 4.13. The number of benzene rings is 2. The second-order valence-electron chi connectivity index (χ2n) is 5.18. The molecule has 0 saturated heterocycles. The Morgan fingerprint density at radius 2 is 1.84 bits per heavy atom. The van der Waals surface area contributed by atoms with Crippen molar-refractivity contribution in [2.24, 2.45) is 0 Å². The maximum Gasteiger partial charge on any atom is 0.139 e. The number of nitrogens with one attached hydrogen (secondary N) is 1. The Hall–Kier alpha value is -1.54. The van der Waals surface area contributed by atoms with Gasteiger partial charge in [-0.05, 0) is 37.4 Å². The van der Waals surface area contributed by atoms with Crippen LogP contribution >= 0.6 is 0 Å². The predicted molar refractivity (Wildman–Crippen MR) is 85.8 cm³/mol. The zero-order chi connectivity index (χ0) is 13.5. The molecule has 0 aliphatic carbocycles. The normalized spacial score (nSPS) is 12.3. The van der Waals surface area contributed by atoms with E-state index in [-0.39, 0.29) is 0 Å². The van der Waals surface area contributed by atoms with Crippen LogP contribution in [0, 0.1) is 0 Å². The minimum Gasteiger partial charge on any atom is -0.310 e. The zero-order valence-electron chi connectivity index (χ0n) is 11.9. The van der Waals surface area contributed by atoms with Gasteiger partial charge in [0.25, 0.3) is 0 Å². The Labute approximate surface area is 117 Å². The van der Waals surface area contributed by atoms with E-state index in [1.807, 2.05) is 0 Å². The van der Waals surface area contributed by atoms with Gasteiger partial charge in [0.05, 0.1) is 0 Å². The SMILES string of the molecule is Bc1cccc(C(C)NCCCc2ccccc2)c1. The molecule has 0 aromatic heterocycles. The molecule has 1 nitrogen and oxygen atoms in total. The Balaban J connectivity index is 1.74. The van der Waals surface area contributed by atoms with Crippen LogP contribution in [-0.4, -0.2) is 14.4 Å². The van der Waals surface area contributed by atoms with Gasteiger partial charge < -0.3 is 5.32 Å². The summed E-state index contributed by atoms with van der Waals surface area (Å²) in [6.45, 7) is 3.29. The lowest BCUT2D eigenvalue weighted by atomic mass is 9.93. The monoisotopic (exact) mass is 251 g/mol. The van der Waals surface area contributed by atoms with Crippen molar-refractivity contribution in [1.29, 1.82) is 0 Å². The van der Waals surface area contributed by atoms with Gasteiger partial charge in [-0.3, -0.25) is 0 Å². The predicted octanol–water partition coefficient (Wildman–Crippen LogP) is 2.23. The summed E-state index contributed by atoms with van der Waals surface area (Å²) in [6, 6.07) is 19.8. The van der Waals surface area contributed by atoms with Gasteiger partial charge in [-0.15, -0.1) is 0 Å². The molecular formula is C17H22BN. The van der Waals surface area contributed by atoms with Gasteiger partial charge >= 0.3 is 0 Å². The van der Waals surface area contributed by atoms with E-state index < -0.39 is 0 Å². The van der Waals surface area contributed by atoms with Crippen molar-refractivity contribution < 1.29 is 0 Å². The lowest BCUT2D eigenvalue weighted by molar-refractivity contribution is 0.558. The van der Waals surface area contributed by atoms with Crippen LogP contribution < -0.4 is 10.8 Å². The lowest BCUT2D eigenvalue weighted by Crippen LogP contribution is -2.21. The summed E-state index contributed by atoms with van der Waals surface area (Å²) in [5, 5.41) is 3.60. The summed E-state index contributed by atoms with van der Waals surface area (Å²) in [7, 11) is 2.14. The zero-order valence-corrected chi connectivity index (χ0v) is 11.9. The number of aryl methyl sites for hydroxylation is 1. The highest BCUT2D eigenvalue weighted by molar-refractivity contribution is 6.32. The summed E-state index contributed by atoms with van der Waals surface area (Å²) in [4.78, 5) is 0. The van der Waals surface area contributed by atoms with Crippen molar-refractivity contribution in [2.75, 3.05) is 6.54 Å². The van der Waals surface area contributed by atoms with Crippen LogP contribution in [0.4, 0.5) is 0 Å². The molecule has 19 heavy (non-hydrogen) atoms. The highest BCUT2D eigenvalue weighted by atomic mass is 14.9. The Morgan fingerprint density at radius 3 is 2.58 bits per heavy atom. The fourth-order valence-corrected chi connectivity index (χ4v) is 2.31. The third kappa shape index (κ3) is 4.57. The first kappa shape index (κ1) is 13.9. The summed E-state index contributed by atoms with van der Waals surface area (Å²) >= 11 is 0. The second-order valence-corrected chi connectivity index (χ2v) is 5.18. The van der Waals surface area contributed by atoms with Gasteiger partial charge in [0, 0.05) is 6.04 Å². The topological polar surface area (TPSA) is 12.0 Å². The van der Waals surface area contributed by atoms with Crippen LogP contribution in [0.3, 0.4) is 0 Å². The average molecular weight is 251 g/mol. The molecule has 1 atom stereocenters. The molecule has 0 bridgehead atoms. The van der Waals surface area contributed by atoms with Crippen LogP contribution in [0.15, 0.2) is 54.6 Å². The average Bonchev–Trinajstić information content (AvgIpc) is 2.44. The highest BCUT2D eigenvalue weighted by Crippen LogP contribution is 2.10. The van der Waals surface area contributed by atoms with Crippen LogP contribution in [-0.2, 0) is 6.42 Å². The molecule has 2 aromatic rings. The standard InChI is InChI=1S/C17H22BN/c1-14(16-10-5-11-17(18)13-16)19-12-6-9-15-7-3-2-4-8-15/h2-5,7-8,10-11,13-14,19H,6,9,12,18H2,1H3. The van der Waals surface area contributed by atoms with E-state index in [2.05, 4.69) is 74.7 Å². The second kappa shape index (κ2) is 7.15. The minimum atomic E-state index is 0.427. The van der Waals surface area contributed by atoms with Crippen molar-refractivity contribution in [3.8, 4) is 0 Å². The van der Waals surface area contributed by atoms with Crippen molar-refractivity contribution >= 4 is 13.3 Å². The fraction of sp³-hybridized carbons (Fsp3) is 0.294. The van der Waals surface area contributed by atoms with E-state index in [9.17, 15) is 0 Å². The molecule has 2 heteroatoms. The Kier molecular flexibility index (Phi) is 5.23. The van der Waals surface area contributed by atoms with Crippen LogP contribution in [0.25, 0.3) is 0 Å². The van der Waals surface area contributed by atoms with E-state index in [0.29, 0.717) is 6.04 Å². The van der Waals surface area contributed by atoms with Gasteiger partial charge in [0.2, 0.25) is 0 Å². The van der Waals surface area contributed by atoms with Crippen molar-refractivity contribution in [3.63, 3.8) is 0 Å². The smallest absolute Gasteiger partial charge is 0.139 e. The molecule has 0 radical (unpaired) electrons. The molecule has 0 aliphatic heterocycles. The minimum absolute atomic E-state index is 0.427. The first-order valence-electron chi connectivity index (χ1n) is 7.09. The fourth-order valence-electron chi connectivity index (χ4n) is 2.31. The van der Waals surface area contributed by atoms with E-state index in [1.165, 1.54) is 23.0 Å². The van der Waals surface area contributed by atoms with Gasteiger partial charge in [-0.2, -0.15) is 0 Å². The van der Waals surface area contributed by atoms with E-state index >= 15 is 0 Å². The molecular weight excluding hydrogens is 229 g/mol. The van der Waals surface area contributed by atoms with E-state index in [4.69, 9.17) is 0 Å². The van der Waals surface area contributed by atoms with Crippen molar-refractivity contribution in [2.45, 2.75) is 25.8 Å².